The predicted molar refractivity (Wildman–Crippen MR) is 31.0 cm³/mol. The maximum atomic E-state index is 3.54. The average molecular weight is 92.1 g/mol. The lowest BCUT2D eigenvalue weighted by atomic mass is 10.2. The van der Waals surface area contributed by atoms with Gasteiger partial charge in [0.15, 0.2) is 0 Å². The van der Waals surface area contributed by atoms with E-state index in [1.54, 1.807) is 0 Å². The Balaban J connectivity index is 2.68. The van der Waals surface area contributed by atoms with E-state index in [9.17, 15) is 0 Å². The molecule has 0 spiro atoms. The Hall–Kier alpha value is -0.740. The molecule has 0 aromatic heterocycles. The Kier molecular flexibility index (Phi) is 1.14. The number of rotatable bonds is 0. The SMILES string of the molecule is C=C=C1CC=CC1. The van der Waals surface area contributed by atoms with Gasteiger partial charge in [-0.15, -0.1) is 5.73 Å². The first-order chi connectivity index (χ1) is 3.43. The van der Waals surface area contributed by atoms with E-state index < -0.39 is 0 Å². The van der Waals surface area contributed by atoms with Crippen molar-refractivity contribution in [3.63, 3.8) is 0 Å². The van der Waals surface area contributed by atoms with Crippen molar-refractivity contribution in [2.75, 3.05) is 0 Å². The van der Waals surface area contributed by atoms with Gasteiger partial charge in [0, 0.05) is 0 Å². The van der Waals surface area contributed by atoms with Gasteiger partial charge in [0.2, 0.25) is 0 Å². The predicted octanol–water partition coefficient (Wildman–Crippen LogP) is 2.05. The van der Waals surface area contributed by atoms with Crippen LogP contribution < -0.4 is 0 Å². The second-order valence-electron chi connectivity index (χ2n) is 1.66. The minimum atomic E-state index is 1.07. The Morgan fingerprint density at radius 3 is 2.29 bits per heavy atom. The fraction of sp³-hybridized carbons (Fsp3) is 0.286. The molecule has 0 aromatic carbocycles. The zero-order valence-electron chi connectivity index (χ0n) is 4.28. The molecule has 0 bridgehead atoms. The molecule has 36 valence electrons. The van der Waals surface area contributed by atoms with Crippen LogP contribution in [0, 0.1) is 0 Å². The molecular formula is C7H8. The van der Waals surface area contributed by atoms with Crippen LogP contribution in [-0.4, -0.2) is 0 Å². The van der Waals surface area contributed by atoms with Crippen LogP contribution in [0.3, 0.4) is 0 Å². The standard InChI is InChI=1S/C7H8/c1-2-7-5-3-4-6-7/h3-4H,1,5-6H2. The first kappa shape index (κ1) is 4.42. The first-order valence-electron chi connectivity index (χ1n) is 2.46. The molecule has 0 saturated carbocycles. The number of hydrogen-bond acceptors (Lipinski definition) is 0. The topological polar surface area (TPSA) is 0 Å². The van der Waals surface area contributed by atoms with Crippen molar-refractivity contribution in [2.24, 2.45) is 0 Å². The van der Waals surface area contributed by atoms with Crippen LogP contribution in [0.2, 0.25) is 0 Å². The van der Waals surface area contributed by atoms with E-state index in [1.807, 2.05) is 0 Å². The van der Waals surface area contributed by atoms with Crippen molar-refractivity contribution in [1.29, 1.82) is 0 Å². The van der Waals surface area contributed by atoms with Crippen molar-refractivity contribution < 1.29 is 0 Å². The lowest BCUT2D eigenvalue weighted by Crippen LogP contribution is -1.63. The van der Waals surface area contributed by atoms with Gasteiger partial charge in [0.1, 0.15) is 0 Å². The molecule has 1 aliphatic rings. The Bertz CT molecular complexity index is 124. The van der Waals surface area contributed by atoms with Gasteiger partial charge in [-0.1, -0.05) is 18.7 Å². The molecule has 0 unspecified atom stereocenters. The molecule has 0 radical (unpaired) electrons. The number of hydrogen-bond donors (Lipinski definition) is 0. The van der Waals surface area contributed by atoms with Crippen molar-refractivity contribution in [3.05, 3.63) is 30.0 Å². The summed E-state index contributed by atoms with van der Waals surface area (Å²) in [4.78, 5) is 0. The molecule has 0 nitrogen and oxygen atoms in total. The van der Waals surface area contributed by atoms with Gasteiger partial charge in [-0.05, 0) is 18.4 Å². The highest BCUT2D eigenvalue weighted by atomic mass is 14.0. The lowest BCUT2D eigenvalue weighted by molar-refractivity contribution is 1.21. The normalized spacial score (nSPS) is 17.4. The second-order valence-corrected chi connectivity index (χ2v) is 1.66. The molecule has 0 heterocycles. The monoisotopic (exact) mass is 92.1 g/mol. The van der Waals surface area contributed by atoms with Gasteiger partial charge < -0.3 is 0 Å². The largest absolute Gasteiger partial charge is 0.129 e. The fourth-order valence-electron chi connectivity index (χ4n) is 0.679. The van der Waals surface area contributed by atoms with Gasteiger partial charge >= 0.3 is 0 Å². The highest BCUT2D eigenvalue weighted by Gasteiger charge is 1.94. The highest BCUT2D eigenvalue weighted by molar-refractivity contribution is 5.16. The molecule has 1 aliphatic carbocycles. The van der Waals surface area contributed by atoms with Gasteiger partial charge in [0.05, 0.1) is 0 Å². The second kappa shape index (κ2) is 1.81. The Morgan fingerprint density at radius 1 is 1.43 bits per heavy atom. The van der Waals surface area contributed by atoms with E-state index in [2.05, 4.69) is 24.5 Å². The molecule has 0 heteroatoms. The van der Waals surface area contributed by atoms with E-state index in [1.165, 1.54) is 5.57 Å². The van der Waals surface area contributed by atoms with E-state index >= 15 is 0 Å². The van der Waals surface area contributed by atoms with Crippen LogP contribution in [0.4, 0.5) is 0 Å². The van der Waals surface area contributed by atoms with E-state index in [0.29, 0.717) is 0 Å². The summed E-state index contributed by atoms with van der Waals surface area (Å²) in [5.74, 6) is 0. The Morgan fingerprint density at radius 2 is 2.00 bits per heavy atom. The molecule has 0 fully saturated rings. The maximum absolute atomic E-state index is 3.54. The van der Waals surface area contributed by atoms with Crippen LogP contribution in [0.25, 0.3) is 0 Å². The van der Waals surface area contributed by atoms with E-state index in [0.717, 1.165) is 12.8 Å². The fourth-order valence-corrected chi connectivity index (χ4v) is 0.679. The molecule has 0 aliphatic heterocycles. The van der Waals surface area contributed by atoms with Crippen LogP contribution >= 0.6 is 0 Å². The summed E-state index contributed by atoms with van der Waals surface area (Å²) >= 11 is 0. The third-order valence-electron chi connectivity index (χ3n) is 1.15. The maximum Gasteiger partial charge on any atom is -0.00595 e. The van der Waals surface area contributed by atoms with Crippen molar-refractivity contribution >= 4 is 0 Å². The summed E-state index contributed by atoms with van der Waals surface area (Å²) in [5.41, 5.74) is 4.19. The van der Waals surface area contributed by atoms with Gasteiger partial charge in [0.25, 0.3) is 0 Å². The minimum absolute atomic E-state index is 1.07. The third kappa shape index (κ3) is 0.819. The Labute approximate surface area is 43.9 Å². The summed E-state index contributed by atoms with van der Waals surface area (Å²) < 4.78 is 0. The summed E-state index contributed by atoms with van der Waals surface area (Å²) in [6.45, 7) is 3.54. The van der Waals surface area contributed by atoms with Crippen LogP contribution in [0.1, 0.15) is 12.8 Å². The number of allylic oxidation sites excluding steroid dienone is 3. The molecule has 1 rings (SSSR count). The molecule has 0 aromatic rings. The molecule has 0 N–H and O–H groups in total. The smallest absolute Gasteiger partial charge is 0.00595 e. The molecule has 0 atom stereocenters. The van der Waals surface area contributed by atoms with Crippen LogP contribution in [0.15, 0.2) is 30.0 Å². The zero-order valence-corrected chi connectivity index (χ0v) is 4.28. The van der Waals surface area contributed by atoms with E-state index in [-0.39, 0.29) is 0 Å². The highest BCUT2D eigenvalue weighted by Crippen LogP contribution is 2.13. The first-order valence-corrected chi connectivity index (χ1v) is 2.46. The molecule has 7 heavy (non-hydrogen) atoms. The van der Waals surface area contributed by atoms with Crippen molar-refractivity contribution in [2.45, 2.75) is 12.8 Å². The molecule has 0 amide bonds. The average Bonchev–Trinajstić information content (AvgIpc) is 2.14. The quantitative estimate of drug-likeness (QED) is 0.317. The van der Waals surface area contributed by atoms with Crippen molar-refractivity contribution in [3.8, 4) is 0 Å². The van der Waals surface area contributed by atoms with Crippen LogP contribution in [0.5, 0.6) is 0 Å². The van der Waals surface area contributed by atoms with Gasteiger partial charge in [-0.2, -0.15) is 0 Å². The minimum Gasteiger partial charge on any atom is -0.129 e. The summed E-state index contributed by atoms with van der Waals surface area (Å²) in [5, 5.41) is 0. The summed E-state index contributed by atoms with van der Waals surface area (Å²) in [7, 11) is 0. The van der Waals surface area contributed by atoms with Gasteiger partial charge in [-0.3, -0.25) is 0 Å². The van der Waals surface area contributed by atoms with Gasteiger partial charge in [-0.25, -0.2) is 0 Å². The summed E-state index contributed by atoms with van der Waals surface area (Å²) in [6, 6.07) is 0. The van der Waals surface area contributed by atoms with Crippen LogP contribution in [-0.2, 0) is 0 Å². The lowest BCUT2D eigenvalue weighted by Gasteiger charge is -1.81. The zero-order chi connectivity index (χ0) is 5.11. The summed E-state index contributed by atoms with van der Waals surface area (Å²) in [6.07, 6.45) is 6.44. The third-order valence-corrected chi connectivity index (χ3v) is 1.15. The van der Waals surface area contributed by atoms with E-state index in [4.69, 9.17) is 0 Å². The molecule has 0 saturated heterocycles. The molecular weight excluding hydrogens is 84.1 g/mol. The van der Waals surface area contributed by atoms with Crippen molar-refractivity contribution in [1.82, 2.24) is 0 Å².